The van der Waals surface area contributed by atoms with Crippen LogP contribution in [0.15, 0.2) is 0 Å². The van der Waals surface area contributed by atoms with E-state index in [1.54, 1.807) is 0 Å². The lowest BCUT2D eigenvalue weighted by molar-refractivity contribution is -0.0986. The fourth-order valence-electron chi connectivity index (χ4n) is 3.02. The lowest BCUT2D eigenvalue weighted by atomic mass is 9.83. The second-order valence-electron chi connectivity index (χ2n) is 5.71. The first-order valence-corrected chi connectivity index (χ1v) is 6.81. The number of nitrogens with one attached hydrogen (secondary N) is 1. The van der Waals surface area contributed by atoms with Gasteiger partial charge in [0.15, 0.2) is 0 Å². The number of hydrogen-bond donors (Lipinski definition) is 1. The highest BCUT2D eigenvalue weighted by Crippen LogP contribution is 2.36. The van der Waals surface area contributed by atoms with Crippen LogP contribution in [0.1, 0.15) is 38.5 Å². The van der Waals surface area contributed by atoms with Crippen molar-refractivity contribution in [2.24, 2.45) is 5.92 Å². The monoisotopic (exact) mass is 225 g/mol. The predicted molar refractivity (Wildman–Crippen MR) is 62.5 cm³/mol. The van der Waals surface area contributed by atoms with Crippen molar-refractivity contribution in [3.8, 4) is 0 Å². The summed E-state index contributed by atoms with van der Waals surface area (Å²) in [5.41, 5.74) is 0.0997. The Morgan fingerprint density at radius 2 is 2.12 bits per heavy atom. The first kappa shape index (κ1) is 11.0. The zero-order chi connectivity index (χ0) is 10.8. The van der Waals surface area contributed by atoms with Crippen LogP contribution in [0, 0.1) is 5.92 Å². The molecule has 2 atom stereocenters. The molecule has 3 heteroatoms. The molecule has 3 aliphatic rings. The average molecular weight is 225 g/mol. The van der Waals surface area contributed by atoms with Crippen LogP contribution in [0.4, 0.5) is 0 Å². The molecule has 2 aliphatic heterocycles. The van der Waals surface area contributed by atoms with Crippen LogP contribution in [0.5, 0.6) is 0 Å². The third-order valence-electron chi connectivity index (χ3n) is 4.23. The van der Waals surface area contributed by atoms with E-state index in [1.807, 2.05) is 0 Å². The van der Waals surface area contributed by atoms with Gasteiger partial charge in [0.05, 0.1) is 12.2 Å². The molecule has 0 aromatic rings. The van der Waals surface area contributed by atoms with Gasteiger partial charge in [-0.3, -0.25) is 0 Å². The molecule has 0 radical (unpaired) electrons. The fourth-order valence-corrected chi connectivity index (χ4v) is 3.02. The van der Waals surface area contributed by atoms with Gasteiger partial charge in [0, 0.05) is 25.7 Å². The van der Waals surface area contributed by atoms with E-state index in [4.69, 9.17) is 9.47 Å². The summed E-state index contributed by atoms with van der Waals surface area (Å²) in [5.74, 6) is 0.849. The number of ether oxygens (including phenoxy) is 2. The van der Waals surface area contributed by atoms with Gasteiger partial charge in [-0.25, -0.2) is 0 Å². The van der Waals surface area contributed by atoms with Crippen LogP contribution in [0.2, 0.25) is 0 Å². The minimum atomic E-state index is 0.0997. The van der Waals surface area contributed by atoms with Crippen LogP contribution in [-0.4, -0.2) is 38.0 Å². The molecule has 0 aromatic carbocycles. The summed E-state index contributed by atoms with van der Waals surface area (Å²) in [4.78, 5) is 0. The SMILES string of the molecule is C(CC1CCOC2(CCOC2)C1)NC1CC1. The Morgan fingerprint density at radius 3 is 2.88 bits per heavy atom. The standard InChI is InChI=1S/C13H23NO2/c1-2-12(1)14-6-3-11-4-7-16-13(9-11)5-8-15-10-13/h11-12,14H,1-10H2. The Hall–Kier alpha value is -0.120. The Kier molecular flexibility index (Phi) is 3.18. The van der Waals surface area contributed by atoms with E-state index in [2.05, 4.69) is 5.32 Å². The van der Waals surface area contributed by atoms with Crippen molar-refractivity contribution < 1.29 is 9.47 Å². The molecule has 3 nitrogen and oxygen atoms in total. The van der Waals surface area contributed by atoms with Crippen molar-refractivity contribution in [1.82, 2.24) is 5.32 Å². The Morgan fingerprint density at radius 1 is 1.19 bits per heavy atom. The number of hydrogen-bond acceptors (Lipinski definition) is 3. The zero-order valence-electron chi connectivity index (χ0n) is 10.0. The molecule has 2 heterocycles. The normalized spacial score (nSPS) is 39.4. The molecule has 16 heavy (non-hydrogen) atoms. The summed E-state index contributed by atoms with van der Waals surface area (Å²) in [6, 6.07) is 0.851. The van der Waals surface area contributed by atoms with Crippen LogP contribution < -0.4 is 5.32 Å². The lowest BCUT2D eigenvalue weighted by Gasteiger charge is -2.37. The van der Waals surface area contributed by atoms with Gasteiger partial charge in [-0.2, -0.15) is 0 Å². The quantitative estimate of drug-likeness (QED) is 0.790. The van der Waals surface area contributed by atoms with Gasteiger partial charge in [0.2, 0.25) is 0 Å². The summed E-state index contributed by atoms with van der Waals surface area (Å²) >= 11 is 0. The molecule has 1 aliphatic carbocycles. The molecular formula is C13H23NO2. The van der Waals surface area contributed by atoms with Gasteiger partial charge in [-0.1, -0.05) is 0 Å². The minimum Gasteiger partial charge on any atom is -0.378 e. The second kappa shape index (κ2) is 4.63. The summed E-state index contributed by atoms with van der Waals surface area (Å²) in [7, 11) is 0. The lowest BCUT2D eigenvalue weighted by Crippen LogP contribution is -2.41. The molecule has 1 saturated carbocycles. The summed E-state index contributed by atoms with van der Waals surface area (Å²) in [6.07, 6.45) is 7.69. The van der Waals surface area contributed by atoms with E-state index in [-0.39, 0.29) is 5.60 Å². The average Bonchev–Trinajstić information content (AvgIpc) is 3.01. The summed E-state index contributed by atoms with van der Waals surface area (Å²) in [5, 5.41) is 3.61. The van der Waals surface area contributed by atoms with Gasteiger partial charge in [0.1, 0.15) is 0 Å². The van der Waals surface area contributed by atoms with E-state index < -0.39 is 0 Å². The van der Waals surface area contributed by atoms with Gasteiger partial charge < -0.3 is 14.8 Å². The fraction of sp³-hybridized carbons (Fsp3) is 1.00. The first-order chi connectivity index (χ1) is 7.86. The van der Waals surface area contributed by atoms with Gasteiger partial charge in [-0.15, -0.1) is 0 Å². The third kappa shape index (κ3) is 2.58. The largest absolute Gasteiger partial charge is 0.378 e. The smallest absolute Gasteiger partial charge is 0.0939 e. The van der Waals surface area contributed by atoms with Crippen molar-refractivity contribution in [3.05, 3.63) is 0 Å². The van der Waals surface area contributed by atoms with Crippen LogP contribution in [0.25, 0.3) is 0 Å². The van der Waals surface area contributed by atoms with Crippen molar-refractivity contribution in [3.63, 3.8) is 0 Å². The Balaban J connectivity index is 1.43. The maximum absolute atomic E-state index is 5.95. The van der Waals surface area contributed by atoms with Crippen molar-refractivity contribution >= 4 is 0 Å². The third-order valence-corrected chi connectivity index (χ3v) is 4.23. The van der Waals surface area contributed by atoms with E-state index in [9.17, 15) is 0 Å². The Bertz CT molecular complexity index is 234. The molecule has 2 unspecified atom stereocenters. The minimum absolute atomic E-state index is 0.0997. The van der Waals surface area contributed by atoms with Gasteiger partial charge in [0.25, 0.3) is 0 Å². The Labute approximate surface area is 97.9 Å². The van der Waals surface area contributed by atoms with Gasteiger partial charge >= 0.3 is 0 Å². The maximum Gasteiger partial charge on any atom is 0.0939 e. The summed E-state index contributed by atoms with van der Waals surface area (Å²) in [6.45, 7) is 3.87. The first-order valence-electron chi connectivity index (χ1n) is 6.81. The highest BCUT2D eigenvalue weighted by molar-refractivity contribution is 4.90. The zero-order valence-corrected chi connectivity index (χ0v) is 10.0. The van der Waals surface area contributed by atoms with E-state index >= 15 is 0 Å². The molecular weight excluding hydrogens is 202 g/mol. The van der Waals surface area contributed by atoms with E-state index in [0.29, 0.717) is 0 Å². The highest BCUT2D eigenvalue weighted by Gasteiger charge is 2.40. The molecule has 0 bridgehead atoms. The number of rotatable bonds is 4. The molecule has 3 rings (SSSR count). The van der Waals surface area contributed by atoms with E-state index in [1.165, 1.54) is 38.6 Å². The highest BCUT2D eigenvalue weighted by atomic mass is 16.6. The molecule has 1 N–H and O–H groups in total. The predicted octanol–water partition coefficient (Wildman–Crippen LogP) is 1.71. The maximum atomic E-state index is 5.95. The molecule has 3 fully saturated rings. The van der Waals surface area contributed by atoms with Crippen LogP contribution in [-0.2, 0) is 9.47 Å². The van der Waals surface area contributed by atoms with Crippen molar-refractivity contribution in [2.45, 2.75) is 50.2 Å². The van der Waals surface area contributed by atoms with Crippen LogP contribution in [0.3, 0.4) is 0 Å². The van der Waals surface area contributed by atoms with Crippen LogP contribution >= 0.6 is 0 Å². The topological polar surface area (TPSA) is 30.5 Å². The summed E-state index contributed by atoms with van der Waals surface area (Å²) < 4.78 is 11.4. The molecule has 0 aromatic heterocycles. The molecule has 92 valence electrons. The molecule has 0 amide bonds. The van der Waals surface area contributed by atoms with Gasteiger partial charge in [-0.05, 0) is 44.6 Å². The second-order valence-corrected chi connectivity index (χ2v) is 5.71. The molecule has 2 saturated heterocycles. The van der Waals surface area contributed by atoms with Crippen molar-refractivity contribution in [2.75, 3.05) is 26.4 Å². The molecule has 1 spiro atoms. The van der Waals surface area contributed by atoms with Crippen molar-refractivity contribution in [1.29, 1.82) is 0 Å². The van der Waals surface area contributed by atoms with E-state index in [0.717, 1.165) is 38.2 Å².